The molecule has 2 aromatic rings. The normalized spacial score (nSPS) is 30.6. The van der Waals surface area contributed by atoms with Gasteiger partial charge in [0.05, 0.1) is 30.5 Å². The fourth-order valence-corrected chi connectivity index (χ4v) is 5.48. The molecule has 1 saturated heterocycles. The molecule has 0 N–H and O–H groups in total. The minimum atomic E-state index is 0.238. The minimum absolute atomic E-state index is 0.238. The Balaban J connectivity index is 1.28. The van der Waals surface area contributed by atoms with Crippen LogP contribution in [-0.2, 0) is 22.6 Å². The lowest BCUT2D eigenvalue weighted by Gasteiger charge is -2.37. The lowest BCUT2D eigenvalue weighted by Crippen LogP contribution is -2.38. The van der Waals surface area contributed by atoms with Crippen molar-refractivity contribution in [2.45, 2.75) is 51.0 Å². The molecule has 8 heteroatoms. The third kappa shape index (κ3) is 4.15. The summed E-state index contributed by atoms with van der Waals surface area (Å²) in [5.41, 5.74) is 2.82. The average Bonchev–Trinajstić information content (AvgIpc) is 3.07. The van der Waals surface area contributed by atoms with Crippen molar-refractivity contribution in [2.75, 3.05) is 26.8 Å². The summed E-state index contributed by atoms with van der Waals surface area (Å²) in [7, 11) is 1.70. The van der Waals surface area contributed by atoms with E-state index in [2.05, 4.69) is 20.2 Å². The Bertz CT molecular complexity index is 762. The zero-order chi connectivity index (χ0) is 18.9. The van der Waals surface area contributed by atoms with Crippen molar-refractivity contribution >= 4 is 11.3 Å². The van der Waals surface area contributed by atoms with Gasteiger partial charge in [-0.2, -0.15) is 0 Å². The van der Waals surface area contributed by atoms with Crippen LogP contribution in [0.1, 0.15) is 42.3 Å². The molecule has 2 saturated carbocycles. The first kappa shape index (κ1) is 18.7. The monoisotopic (exact) mass is 403 g/mol. The number of hydrogen-bond acceptors (Lipinski definition) is 7. The zero-order valence-electron chi connectivity index (χ0n) is 16.4. The van der Waals surface area contributed by atoms with Crippen molar-refractivity contribution in [1.82, 2.24) is 24.9 Å². The first-order valence-electron chi connectivity index (χ1n) is 10.4. The molecule has 3 fully saturated rings. The van der Waals surface area contributed by atoms with E-state index < -0.39 is 0 Å². The Morgan fingerprint density at radius 1 is 1.21 bits per heavy atom. The topological polar surface area (TPSA) is 65.3 Å². The number of hydrogen-bond donors (Lipinski definition) is 0. The van der Waals surface area contributed by atoms with E-state index in [0.717, 1.165) is 50.1 Å². The summed E-state index contributed by atoms with van der Waals surface area (Å²) in [6, 6.07) is 0.279. The van der Waals surface area contributed by atoms with Crippen LogP contribution in [0, 0.1) is 17.8 Å². The second kappa shape index (κ2) is 8.18. The van der Waals surface area contributed by atoms with Gasteiger partial charge in [-0.3, -0.25) is 9.88 Å². The first-order chi connectivity index (χ1) is 13.8. The van der Waals surface area contributed by atoms with Gasteiger partial charge in [0.25, 0.3) is 0 Å². The molecule has 3 heterocycles. The van der Waals surface area contributed by atoms with Crippen LogP contribution in [0.2, 0.25) is 0 Å². The van der Waals surface area contributed by atoms with Gasteiger partial charge >= 0.3 is 0 Å². The van der Waals surface area contributed by atoms with Gasteiger partial charge in [-0.15, -0.1) is 16.4 Å². The lowest BCUT2D eigenvalue weighted by atomic mass is 9.77. The molecule has 2 aromatic heterocycles. The van der Waals surface area contributed by atoms with E-state index in [4.69, 9.17) is 9.47 Å². The maximum atomic E-state index is 6.45. The van der Waals surface area contributed by atoms with Crippen LogP contribution in [0.4, 0.5) is 0 Å². The Kier molecular flexibility index (Phi) is 5.45. The number of methoxy groups -OCH3 is 1. The quantitative estimate of drug-likeness (QED) is 0.675. The maximum Gasteiger partial charge on any atom is 0.108 e. The Hall–Kier alpha value is -1.35. The smallest absolute Gasteiger partial charge is 0.108 e. The Morgan fingerprint density at radius 2 is 2.07 bits per heavy atom. The molecular weight excluding hydrogens is 374 g/mol. The Morgan fingerprint density at radius 3 is 2.82 bits per heavy atom. The molecule has 28 heavy (non-hydrogen) atoms. The van der Waals surface area contributed by atoms with Crippen LogP contribution in [0.25, 0.3) is 0 Å². The third-order valence-corrected chi connectivity index (χ3v) is 7.22. The van der Waals surface area contributed by atoms with Crippen LogP contribution in [0.3, 0.4) is 0 Å². The van der Waals surface area contributed by atoms with E-state index in [1.807, 2.05) is 22.6 Å². The molecule has 3 aliphatic rings. The maximum absolute atomic E-state index is 6.45. The summed E-state index contributed by atoms with van der Waals surface area (Å²) in [6.07, 6.45) is 9.19. The van der Waals surface area contributed by atoms with Crippen molar-refractivity contribution in [3.63, 3.8) is 0 Å². The highest BCUT2D eigenvalue weighted by Crippen LogP contribution is 2.43. The fraction of sp³-hybridized carbons (Fsp3) is 0.750. The number of rotatable bonds is 8. The molecule has 0 spiro atoms. The number of fused-ring (bicyclic) bond motifs is 1. The van der Waals surface area contributed by atoms with E-state index in [9.17, 15) is 0 Å². The fourth-order valence-electron chi connectivity index (χ4n) is 4.85. The van der Waals surface area contributed by atoms with Crippen molar-refractivity contribution in [1.29, 1.82) is 0 Å². The number of nitrogens with zero attached hydrogens (tertiary/aromatic N) is 5. The van der Waals surface area contributed by atoms with Gasteiger partial charge < -0.3 is 9.47 Å². The number of aromatic nitrogens is 4. The first-order valence-corrected chi connectivity index (χ1v) is 11.3. The predicted octanol–water partition coefficient (Wildman–Crippen LogP) is 2.76. The standard InChI is InChI=1S/C20H29N5O2S/c1-26-12-17-9-25(23-22-17)19-4-15-7-24(10-18-6-21-13-28-18)8-16(15)5-20(19)27-11-14-2-3-14/h6,9,13-16,19-20H,2-5,7-8,10-12H2,1H3/t15-,16+,19-,20-/m1/s1. The van der Waals surface area contributed by atoms with E-state index >= 15 is 0 Å². The molecule has 0 radical (unpaired) electrons. The number of likely N-dealkylation sites (tertiary alicyclic amines) is 1. The summed E-state index contributed by atoms with van der Waals surface area (Å²) < 4.78 is 13.7. The van der Waals surface area contributed by atoms with Gasteiger partial charge in [0.15, 0.2) is 0 Å². The lowest BCUT2D eigenvalue weighted by molar-refractivity contribution is -0.0376. The van der Waals surface area contributed by atoms with Gasteiger partial charge in [-0.25, -0.2) is 4.68 Å². The van der Waals surface area contributed by atoms with Crippen LogP contribution in [-0.4, -0.2) is 57.8 Å². The molecule has 1 aliphatic heterocycles. The summed E-state index contributed by atoms with van der Waals surface area (Å²) in [6.45, 7) is 4.77. The predicted molar refractivity (Wildman–Crippen MR) is 106 cm³/mol. The molecule has 7 nitrogen and oxygen atoms in total. The average molecular weight is 404 g/mol. The van der Waals surface area contributed by atoms with E-state index in [1.54, 1.807) is 18.4 Å². The SMILES string of the molecule is COCc1cn([C@@H]2C[C@@H]3CN(Cc4cncs4)C[C@@H]3C[C@H]2OCC2CC2)nn1. The van der Waals surface area contributed by atoms with E-state index in [0.29, 0.717) is 12.5 Å². The molecule has 2 aliphatic carbocycles. The second-order valence-corrected chi connectivity index (χ2v) is 9.63. The van der Waals surface area contributed by atoms with Crippen molar-refractivity contribution in [2.24, 2.45) is 17.8 Å². The third-order valence-electron chi connectivity index (χ3n) is 6.46. The van der Waals surface area contributed by atoms with Crippen molar-refractivity contribution < 1.29 is 9.47 Å². The summed E-state index contributed by atoms with van der Waals surface area (Å²) >= 11 is 1.75. The summed E-state index contributed by atoms with van der Waals surface area (Å²) in [5, 5.41) is 8.72. The molecule has 0 unspecified atom stereocenters. The van der Waals surface area contributed by atoms with Gasteiger partial charge in [0, 0.05) is 44.4 Å². The van der Waals surface area contributed by atoms with Crippen molar-refractivity contribution in [3.05, 3.63) is 28.5 Å². The van der Waals surface area contributed by atoms with Gasteiger partial charge in [0.1, 0.15) is 5.69 Å². The van der Waals surface area contributed by atoms with Crippen LogP contribution >= 0.6 is 11.3 Å². The van der Waals surface area contributed by atoms with Crippen molar-refractivity contribution in [3.8, 4) is 0 Å². The van der Waals surface area contributed by atoms with Gasteiger partial charge in [-0.05, 0) is 43.4 Å². The van der Waals surface area contributed by atoms with Crippen LogP contribution in [0.15, 0.2) is 17.9 Å². The van der Waals surface area contributed by atoms with Crippen LogP contribution < -0.4 is 0 Å². The largest absolute Gasteiger partial charge is 0.378 e. The molecule has 0 amide bonds. The van der Waals surface area contributed by atoms with Gasteiger partial charge in [-0.1, -0.05) is 5.21 Å². The highest BCUT2D eigenvalue weighted by Gasteiger charge is 2.44. The van der Waals surface area contributed by atoms with E-state index in [-0.39, 0.29) is 12.1 Å². The van der Waals surface area contributed by atoms with Crippen LogP contribution in [0.5, 0.6) is 0 Å². The second-order valence-electron chi connectivity index (χ2n) is 8.66. The minimum Gasteiger partial charge on any atom is -0.378 e. The highest BCUT2D eigenvalue weighted by atomic mass is 32.1. The zero-order valence-corrected chi connectivity index (χ0v) is 17.3. The molecular formula is C20H29N5O2S. The number of ether oxygens (including phenoxy) is 2. The highest BCUT2D eigenvalue weighted by molar-refractivity contribution is 7.09. The van der Waals surface area contributed by atoms with Gasteiger partial charge in [0.2, 0.25) is 0 Å². The summed E-state index contributed by atoms with van der Waals surface area (Å²) in [4.78, 5) is 8.18. The molecule has 152 valence electrons. The van der Waals surface area contributed by atoms with E-state index in [1.165, 1.54) is 24.3 Å². The molecule has 0 bridgehead atoms. The summed E-state index contributed by atoms with van der Waals surface area (Å²) in [5.74, 6) is 2.20. The molecule has 5 rings (SSSR count). The Labute approximate surface area is 170 Å². The molecule has 4 atom stereocenters. The number of thiazole rings is 1. The molecule has 0 aromatic carbocycles.